The summed E-state index contributed by atoms with van der Waals surface area (Å²) in [5.74, 6) is -0.0886. The normalized spacial score (nSPS) is 35.8. The molecule has 1 aromatic heterocycles. The number of hydrogen-bond donors (Lipinski definition) is 1. The van der Waals surface area contributed by atoms with Gasteiger partial charge < -0.3 is 9.67 Å². The molecule has 2 fully saturated rings. The summed E-state index contributed by atoms with van der Waals surface area (Å²) in [5, 5.41) is 9.44. The van der Waals surface area contributed by atoms with Crippen LogP contribution in [-0.2, 0) is 0 Å². The molecule has 1 aromatic rings. The van der Waals surface area contributed by atoms with Gasteiger partial charge in [-0.1, -0.05) is 20.8 Å². The van der Waals surface area contributed by atoms with Crippen molar-refractivity contribution < 1.29 is 9.90 Å². The second kappa shape index (κ2) is 3.99. The molecule has 0 spiro atoms. The van der Waals surface area contributed by atoms with E-state index in [2.05, 4.69) is 43.4 Å². The maximum atomic E-state index is 11.5. The minimum Gasteiger partial charge on any atom is -0.477 e. The van der Waals surface area contributed by atoms with E-state index in [9.17, 15) is 9.90 Å². The quantitative estimate of drug-likeness (QED) is 0.791. The van der Waals surface area contributed by atoms with Crippen molar-refractivity contribution in [3.63, 3.8) is 0 Å². The molecule has 3 atom stereocenters. The van der Waals surface area contributed by atoms with Gasteiger partial charge in [-0.2, -0.15) is 0 Å². The van der Waals surface area contributed by atoms with Crippen LogP contribution in [0.3, 0.4) is 0 Å². The Balaban J connectivity index is 2.14. The number of carboxylic acid groups (broad SMARTS) is 1. The summed E-state index contributed by atoms with van der Waals surface area (Å²) in [5.41, 5.74) is 0.871. The number of carbonyl (C=O) groups is 1. The minimum absolute atomic E-state index is 0.180. The van der Waals surface area contributed by atoms with Crippen LogP contribution in [0.15, 0.2) is 12.3 Å². The van der Waals surface area contributed by atoms with E-state index in [0.29, 0.717) is 11.7 Å². The van der Waals surface area contributed by atoms with Crippen molar-refractivity contribution in [3.05, 3.63) is 21.5 Å². The highest BCUT2D eigenvalue weighted by Gasteiger charge is 2.60. The molecular formula is C15H20INO2. The van der Waals surface area contributed by atoms with Crippen molar-refractivity contribution in [3.8, 4) is 0 Å². The van der Waals surface area contributed by atoms with E-state index in [1.165, 1.54) is 19.3 Å². The van der Waals surface area contributed by atoms with E-state index in [0.717, 1.165) is 9.49 Å². The lowest BCUT2D eigenvalue weighted by Gasteiger charge is -2.44. The summed E-state index contributed by atoms with van der Waals surface area (Å²) in [6.07, 6.45) is 5.77. The summed E-state index contributed by atoms with van der Waals surface area (Å²) in [4.78, 5) is 11.5. The first-order valence-corrected chi connectivity index (χ1v) is 7.94. The molecule has 3 rings (SSSR count). The first kappa shape index (κ1) is 13.5. The lowest BCUT2D eigenvalue weighted by molar-refractivity contribution is 0.0611. The van der Waals surface area contributed by atoms with Gasteiger partial charge >= 0.3 is 5.97 Å². The lowest BCUT2D eigenvalue weighted by Crippen LogP contribution is -2.38. The predicted octanol–water partition coefficient (Wildman–Crippen LogP) is 4.18. The van der Waals surface area contributed by atoms with Crippen LogP contribution in [0, 0.1) is 20.3 Å². The predicted molar refractivity (Wildman–Crippen MR) is 82.4 cm³/mol. The number of carboxylic acids is 1. The van der Waals surface area contributed by atoms with E-state index in [1.807, 2.05) is 10.8 Å². The van der Waals surface area contributed by atoms with Gasteiger partial charge in [0.15, 0.2) is 0 Å². The van der Waals surface area contributed by atoms with Crippen LogP contribution < -0.4 is 0 Å². The largest absolute Gasteiger partial charge is 0.477 e. The molecule has 1 N–H and O–H groups in total. The average molecular weight is 373 g/mol. The standard InChI is InChI=1S/C15H20INO2/c1-14(2)9-4-5-15(3,7-9)13(14)17-8-10(16)6-11(17)12(18)19/h6,8-9,13H,4-5,7H2,1-3H3,(H,18,19). The molecule has 0 saturated heterocycles. The van der Waals surface area contributed by atoms with Gasteiger partial charge in [0.2, 0.25) is 0 Å². The smallest absolute Gasteiger partial charge is 0.352 e. The van der Waals surface area contributed by atoms with Crippen molar-refractivity contribution in [2.45, 2.75) is 46.1 Å². The zero-order valence-corrected chi connectivity index (χ0v) is 13.8. The summed E-state index contributed by atoms with van der Waals surface area (Å²) in [6, 6.07) is 2.09. The Kier molecular flexibility index (Phi) is 2.83. The van der Waals surface area contributed by atoms with Gasteiger partial charge in [-0.05, 0) is 64.7 Å². The molecule has 0 aliphatic heterocycles. The van der Waals surface area contributed by atoms with Crippen LogP contribution in [0.5, 0.6) is 0 Å². The van der Waals surface area contributed by atoms with Crippen LogP contribution in [0.4, 0.5) is 0 Å². The number of fused-ring (bicyclic) bond motifs is 2. The Bertz CT molecular complexity index is 544. The zero-order valence-electron chi connectivity index (χ0n) is 11.6. The first-order valence-electron chi connectivity index (χ1n) is 6.86. The van der Waals surface area contributed by atoms with Crippen LogP contribution in [0.1, 0.15) is 56.6 Å². The average Bonchev–Trinajstić information content (AvgIpc) is 2.87. The third-order valence-corrected chi connectivity index (χ3v) is 6.10. The second-order valence-corrected chi connectivity index (χ2v) is 8.32. The molecule has 0 aromatic carbocycles. The van der Waals surface area contributed by atoms with Crippen molar-refractivity contribution in [1.82, 2.24) is 4.57 Å². The number of rotatable bonds is 2. The number of halogens is 1. The maximum absolute atomic E-state index is 11.5. The monoisotopic (exact) mass is 373 g/mol. The minimum atomic E-state index is -0.815. The molecule has 104 valence electrons. The molecule has 2 aliphatic rings. The second-order valence-electron chi connectivity index (χ2n) is 7.07. The third kappa shape index (κ3) is 1.78. The number of aromatic nitrogens is 1. The molecular weight excluding hydrogens is 353 g/mol. The summed E-state index contributed by atoms with van der Waals surface area (Å²) in [6.45, 7) is 6.96. The molecule has 3 nitrogen and oxygen atoms in total. The van der Waals surface area contributed by atoms with Gasteiger partial charge in [0.1, 0.15) is 5.69 Å². The summed E-state index contributed by atoms with van der Waals surface area (Å²) < 4.78 is 3.06. The molecule has 2 bridgehead atoms. The molecule has 2 saturated carbocycles. The lowest BCUT2D eigenvalue weighted by atomic mass is 9.68. The summed E-state index contributed by atoms with van der Waals surface area (Å²) in [7, 11) is 0. The van der Waals surface area contributed by atoms with Crippen LogP contribution in [-0.4, -0.2) is 15.6 Å². The van der Waals surface area contributed by atoms with E-state index < -0.39 is 5.97 Å². The Morgan fingerprint density at radius 3 is 2.68 bits per heavy atom. The van der Waals surface area contributed by atoms with Crippen molar-refractivity contribution >= 4 is 28.6 Å². The molecule has 4 heteroatoms. The van der Waals surface area contributed by atoms with Gasteiger partial charge in [0, 0.05) is 15.8 Å². The van der Waals surface area contributed by atoms with Crippen molar-refractivity contribution in [1.29, 1.82) is 0 Å². The zero-order chi connectivity index (χ0) is 14.0. The fraction of sp³-hybridized carbons (Fsp3) is 0.667. The van der Waals surface area contributed by atoms with Crippen LogP contribution >= 0.6 is 22.6 Å². The fourth-order valence-electron chi connectivity index (χ4n) is 4.80. The Hall–Kier alpha value is -0.520. The molecule has 3 unspecified atom stereocenters. The number of nitrogens with zero attached hydrogens (tertiary/aromatic N) is 1. The van der Waals surface area contributed by atoms with E-state index in [-0.39, 0.29) is 10.8 Å². The Morgan fingerprint density at radius 2 is 2.16 bits per heavy atom. The van der Waals surface area contributed by atoms with E-state index in [1.54, 1.807) is 6.07 Å². The van der Waals surface area contributed by atoms with Crippen molar-refractivity contribution in [2.24, 2.45) is 16.7 Å². The highest BCUT2D eigenvalue weighted by atomic mass is 127. The van der Waals surface area contributed by atoms with Crippen molar-refractivity contribution in [2.75, 3.05) is 0 Å². The van der Waals surface area contributed by atoms with Gasteiger partial charge in [-0.25, -0.2) is 4.79 Å². The molecule has 0 amide bonds. The number of hydrogen-bond acceptors (Lipinski definition) is 1. The van der Waals surface area contributed by atoms with E-state index in [4.69, 9.17) is 0 Å². The Morgan fingerprint density at radius 1 is 1.47 bits per heavy atom. The SMILES string of the molecule is CC12CCC(C1)C(C)(C)C2n1cc(I)cc1C(=O)O. The van der Waals surface area contributed by atoms with Crippen LogP contribution in [0.2, 0.25) is 0 Å². The fourth-order valence-corrected chi connectivity index (χ4v) is 5.40. The van der Waals surface area contributed by atoms with E-state index >= 15 is 0 Å². The Labute approximate surface area is 127 Å². The highest BCUT2D eigenvalue weighted by molar-refractivity contribution is 14.1. The van der Waals surface area contributed by atoms with Gasteiger partial charge in [-0.3, -0.25) is 0 Å². The molecule has 0 radical (unpaired) electrons. The highest BCUT2D eigenvalue weighted by Crippen LogP contribution is 2.68. The van der Waals surface area contributed by atoms with Gasteiger partial charge in [0.05, 0.1) is 0 Å². The maximum Gasteiger partial charge on any atom is 0.352 e. The topological polar surface area (TPSA) is 42.2 Å². The third-order valence-electron chi connectivity index (χ3n) is 5.51. The summed E-state index contributed by atoms with van der Waals surface area (Å²) >= 11 is 2.21. The molecule has 19 heavy (non-hydrogen) atoms. The van der Waals surface area contributed by atoms with Gasteiger partial charge in [-0.15, -0.1) is 0 Å². The van der Waals surface area contributed by atoms with Crippen LogP contribution in [0.25, 0.3) is 0 Å². The first-order chi connectivity index (χ1) is 8.75. The van der Waals surface area contributed by atoms with Gasteiger partial charge in [0.25, 0.3) is 0 Å². The molecule has 2 aliphatic carbocycles. The number of aromatic carboxylic acids is 1. The molecule has 1 heterocycles.